The van der Waals surface area contributed by atoms with Crippen molar-refractivity contribution in [3.8, 4) is 0 Å². The fourth-order valence-corrected chi connectivity index (χ4v) is 3.38. The zero-order valence-corrected chi connectivity index (χ0v) is 12.0. The maximum Gasteiger partial charge on any atom is 0.321 e. The van der Waals surface area contributed by atoms with Crippen molar-refractivity contribution in [1.29, 1.82) is 0 Å². The Bertz CT molecular complexity index is 603. The Hall–Kier alpha value is -1.63. The highest BCUT2D eigenvalue weighted by molar-refractivity contribution is 7.92. The molecule has 7 heteroatoms. The molecular formula is C13H17FN2O3S. The van der Waals surface area contributed by atoms with Crippen LogP contribution < -0.4 is 5.32 Å². The van der Waals surface area contributed by atoms with Gasteiger partial charge in [0.05, 0.1) is 11.0 Å². The lowest BCUT2D eigenvalue weighted by Crippen LogP contribution is -2.37. The number of rotatable bonds is 1. The molecule has 1 aromatic carbocycles. The topological polar surface area (TPSA) is 66.5 Å². The minimum Gasteiger partial charge on any atom is -0.323 e. The lowest BCUT2D eigenvalue weighted by Gasteiger charge is -2.20. The van der Waals surface area contributed by atoms with Gasteiger partial charge in [0.15, 0.2) is 9.84 Å². The second-order valence-corrected chi connectivity index (χ2v) is 7.43. The molecule has 0 aromatic heterocycles. The van der Waals surface area contributed by atoms with Gasteiger partial charge >= 0.3 is 6.03 Å². The molecule has 20 heavy (non-hydrogen) atoms. The van der Waals surface area contributed by atoms with E-state index in [4.69, 9.17) is 0 Å². The summed E-state index contributed by atoms with van der Waals surface area (Å²) in [5.74, 6) is -0.472. The average Bonchev–Trinajstić information content (AvgIpc) is 2.50. The first-order valence-corrected chi connectivity index (χ1v) is 8.13. The summed E-state index contributed by atoms with van der Waals surface area (Å²) in [6.07, 6.45) is 0.416. The third-order valence-electron chi connectivity index (χ3n) is 3.43. The van der Waals surface area contributed by atoms with Crippen LogP contribution in [0.3, 0.4) is 0 Å². The van der Waals surface area contributed by atoms with Gasteiger partial charge < -0.3 is 10.2 Å². The van der Waals surface area contributed by atoms with Crippen molar-refractivity contribution in [1.82, 2.24) is 4.90 Å². The van der Waals surface area contributed by atoms with Gasteiger partial charge in [-0.05, 0) is 31.5 Å². The van der Waals surface area contributed by atoms with Crippen LogP contribution in [0.15, 0.2) is 24.3 Å². The van der Waals surface area contributed by atoms with Crippen molar-refractivity contribution < 1.29 is 17.6 Å². The molecule has 1 heterocycles. The molecule has 2 rings (SSSR count). The van der Waals surface area contributed by atoms with Crippen molar-refractivity contribution in [3.05, 3.63) is 30.1 Å². The number of carbonyl (C=O) groups is 1. The first-order valence-electron chi connectivity index (χ1n) is 6.41. The van der Waals surface area contributed by atoms with Crippen LogP contribution in [0.25, 0.3) is 0 Å². The van der Waals surface area contributed by atoms with E-state index < -0.39 is 26.9 Å². The van der Waals surface area contributed by atoms with Gasteiger partial charge in [0.25, 0.3) is 0 Å². The summed E-state index contributed by atoms with van der Waals surface area (Å²) in [4.78, 5) is 13.5. The smallest absolute Gasteiger partial charge is 0.321 e. The molecule has 1 unspecified atom stereocenters. The molecule has 5 nitrogen and oxygen atoms in total. The second kappa shape index (κ2) is 5.78. The predicted molar refractivity (Wildman–Crippen MR) is 74.9 cm³/mol. The number of nitrogens with zero attached hydrogens (tertiary/aromatic N) is 1. The Labute approximate surface area is 117 Å². The Kier molecular flexibility index (Phi) is 4.27. The number of amides is 2. The highest BCUT2D eigenvalue weighted by Crippen LogP contribution is 2.15. The van der Waals surface area contributed by atoms with Crippen LogP contribution in [0.2, 0.25) is 0 Å². The van der Waals surface area contributed by atoms with E-state index in [0.29, 0.717) is 18.7 Å². The van der Waals surface area contributed by atoms with Gasteiger partial charge in [0.2, 0.25) is 0 Å². The Morgan fingerprint density at radius 1 is 1.40 bits per heavy atom. The van der Waals surface area contributed by atoms with Gasteiger partial charge in [-0.1, -0.05) is 6.07 Å². The Morgan fingerprint density at radius 2 is 2.15 bits per heavy atom. The van der Waals surface area contributed by atoms with Crippen LogP contribution in [0.5, 0.6) is 0 Å². The minimum absolute atomic E-state index is 0.0370. The van der Waals surface area contributed by atoms with Crippen molar-refractivity contribution >= 4 is 21.6 Å². The van der Waals surface area contributed by atoms with Crippen molar-refractivity contribution in [2.45, 2.75) is 18.6 Å². The van der Waals surface area contributed by atoms with Crippen LogP contribution in [0, 0.1) is 5.82 Å². The molecule has 110 valence electrons. The molecule has 1 aliphatic rings. The highest BCUT2D eigenvalue weighted by atomic mass is 32.2. The number of benzene rings is 1. The summed E-state index contributed by atoms with van der Waals surface area (Å²) in [5, 5.41) is 2.14. The third kappa shape index (κ3) is 3.47. The fraction of sp³-hybridized carbons (Fsp3) is 0.462. The molecule has 0 aliphatic carbocycles. The largest absolute Gasteiger partial charge is 0.323 e. The molecule has 1 atom stereocenters. The van der Waals surface area contributed by atoms with Gasteiger partial charge in [0, 0.05) is 18.8 Å². The zero-order valence-electron chi connectivity index (χ0n) is 11.2. The van der Waals surface area contributed by atoms with Crippen LogP contribution >= 0.6 is 0 Å². The molecule has 1 fully saturated rings. The number of halogens is 1. The highest BCUT2D eigenvalue weighted by Gasteiger charge is 2.28. The van der Waals surface area contributed by atoms with Crippen LogP contribution in [-0.4, -0.2) is 43.4 Å². The summed E-state index contributed by atoms with van der Waals surface area (Å²) in [6.45, 7) is 2.19. The first kappa shape index (κ1) is 14.8. The number of hydrogen-bond donors (Lipinski definition) is 1. The Balaban J connectivity index is 2.03. The lowest BCUT2D eigenvalue weighted by molar-refractivity contribution is 0.215. The zero-order chi connectivity index (χ0) is 14.8. The number of hydrogen-bond acceptors (Lipinski definition) is 3. The number of carbonyl (C=O) groups excluding carboxylic acids is 1. The molecule has 2 amide bonds. The van der Waals surface area contributed by atoms with E-state index >= 15 is 0 Å². The summed E-state index contributed by atoms with van der Waals surface area (Å²) in [6, 6.07) is 5.18. The number of urea groups is 1. The van der Waals surface area contributed by atoms with Crippen molar-refractivity contribution in [3.63, 3.8) is 0 Å². The molecule has 1 N–H and O–H groups in total. The van der Waals surface area contributed by atoms with Gasteiger partial charge in [-0.25, -0.2) is 17.6 Å². The normalized spacial score (nSPS) is 22.1. The van der Waals surface area contributed by atoms with Crippen LogP contribution in [0.4, 0.5) is 14.9 Å². The quantitative estimate of drug-likeness (QED) is 0.861. The van der Waals surface area contributed by atoms with E-state index in [-0.39, 0.29) is 12.3 Å². The molecule has 0 saturated carbocycles. The first-order chi connectivity index (χ1) is 9.38. The van der Waals surface area contributed by atoms with Gasteiger partial charge in [-0.3, -0.25) is 0 Å². The SMILES string of the molecule is CC1CCN(C(=O)Nc2cccc(F)c2)CCS1(=O)=O. The summed E-state index contributed by atoms with van der Waals surface area (Å²) < 4.78 is 36.6. The van der Waals surface area contributed by atoms with Crippen LogP contribution in [-0.2, 0) is 9.84 Å². The van der Waals surface area contributed by atoms with Crippen molar-refractivity contribution in [2.75, 3.05) is 24.2 Å². The molecule has 1 aromatic rings. The Morgan fingerprint density at radius 3 is 2.85 bits per heavy atom. The average molecular weight is 300 g/mol. The van der Waals surface area contributed by atoms with Crippen molar-refractivity contribution in [2.24, 2.45) is 0 Å². The summed E-state index contributed by atoms with van der Waals surface area (Å²) in [5.41, 5.74) is 0.357. The molecule has 0 spiro atoms. The lowest BCUT2D eigenvalue weighted by atomic mass is 10.3. The minimum atomic E-state index is -3.13. The third-order valence-corrected chi connectivity index (χ3v) is 5.64. The molecular weight excluding hydrogens is 283 g/mol. The van der Waals surface area contributed by atoms with E-state index in [1.165, 1.54) is 23.1 Å². The summed E-state index contributed by atoms with van der Waals surface area (Å²) in [7, 11) is -3.13. The molecule has 0 radical (unpaired) electrons. The fourth-order valence-electron chi connectivity index (χ4n) is 2.04. The van der Waals surface area contributed by atoms with E-state index in [9.17, 15) is 17.6 Å². The molecule has 0 bridgehead atoms. The maximum absolute atomic E-state index is 13.0. The van der Waals surface area contributed by atoms with E-state index in [1.807, 2.05) is 0 Å². The summed E-state index contributed by atoms with van der Waals surface area (Å²) >= 11 is 0. The predicted octanol–water partition coefficient (Wildman–Crippen LogP) is 1.87. The number of anilines is 1. The van der Waals surface area contributed by atoms with Gasteiger partial charge in [-0.2, -0.15) is 0 Å². The monoisotopic (exact) mass is 300 g/mol. The standard InChI is InChI=1S/C13H17FN2O3S/c1-10-5-6-16(7-8-20(10,18)19)13(17)15-12-4-2-3-11(14)9-12/h2-4,9-10H,5-8H2,1H3,(H,15,17). The van der Waals surface area contributed by atoms with E-state index in [1.54, 1.807) is 13.0 Å². The number of sulfone groups is 1. The van der Waals surface area contributed by atoms with Gasteiger partial charge in [0.1, 0.15) is 5.82 Å². The maximum atomic E-state index is 13.0. The number of nitrogens with one attached hydrogen (secondary N) is 1. The molecule has 1 aliphatic heterocycles. The molecule has 1 saturated heterocycles. The van der Waals surface area contributed by atoms with Crippen LogP contribution in [0.1, 0.15) is 13.3 Å². The second-order valence-electron chi connectivity index (χ2n) is 4.89. The van der Waals surface area contributed by atoms with E-state index in [0.717, 1.165) is 0 Å². The van der Waals surface area contributed by atoms with E-state index in [2.05, 4.69) is 5.32 Å². The van der Waals surface area contributed by atoms with Gasteiger partial charge in [-0.15, -0.1) is 0 Å².